The summed E-state index contributed by atoms with van der Waals surface area (Å²) in [7, 11) is 5.19. The van der Waals surface area contributed by atoms with Gasteiger partial charge < -0.3 is 14.4 Å². The van der Waals surface area contributed by atoms with Gasteiger partial charge in [0.15, 0.2) is 11.5 Å². The summed E-state index contributed by atoms with van der Waals surface area (Å²) in [5.74, 6) is 1.42. The van der Waals surface area contributed by atoms with E-state index in [0.29, 0.717) is 18.0 Å². The number of allylic oxidation sites excluding steroid dienone is 1. The highest BCUT2D eigenvalue weighted by Gasteiger charge is 2.48. The van der Waals surface area contributed by atoms with Crippen LogP contribution in [0.3, 0.4) is 0 Å². The van der Waals surface area contributed by atoms with Crippen LogP contribution < -0.4 is 9.47 Å². The molecule has 2 aromatic rings. The zero-order valence-electron chi connectivity index (χ0n) is 19.4. The summed E-state index contributed by atoms with van der Waals surface area (Å²) in [6.45, 7) is 4.97. The summed E-state index contributed by atoms with van der Waals surface area (Å²) in [4.78, 5) is 17.1. The molecule has 166 valence electrons. The summed E-state index contributed by atoms with van der Waals surface area (Å²) in [5.41, 5.74) is 3.07. The fourth-order valence-corrected chi connectivity index (χ4v) is 4.26. The third kappa shape index (κ3) is 4.71. The van der Waals surface area contributed by atoms with Crippen molar-refractivity contribution in [3.05, 3.63) is 71.4 Å². The first-order valence-electron chi connectivity index (χ1n) is 11.0. The molecule has 1 aliphatic heterocycles. The lowest BCUT2D eigenvalue weighted by atomic mass is 9.88. The average molecular weight is 423 g/mol. The van der Waals surface area contributed by atoms with Gasteiger partial charge in [-0.15, -0.1) is 0 Å². The molecule has 0 radical (unpaired) electrons. The van der Waals surface area contributed by atoms with Crippen LogP contribution >= 0.6 is 0 Å². The summed E-state index contributed by atoms with van der Waals surface area (Å²) in [6, 6.07) is 16.4. The topological polar surface area (TPSA) is 42.0 Å². The van der Waals surface area contributed by atoms with Crippen molar-refractivity contribution in [1.29, 1.82) is 0 Å². The number of urea groups is 1. The van der Waals surface area contributed by atoms with E-state index in [-0.39, 0.29) is 11.6 Å². The molecule has 0 bridgehead atoms. The van der Waals surface area contributed by atoms with Crippen LogP contribution in [0.5, 0.6) is 11.5 Å². The fraction of sp³-hybridized carbons (Fsp3) is 0.423. The van der Waals surface area contributed by atoms with Crippen molar-refractivity contribution in [3.8, 4) is 11.5 Å². The van der Waals surface area contributed by atoms with Gasteiger partial charge in [-0.25, -0.2) is 4.79 Å². The second-order valence-electron chi connectivity index (χ2n) is 8.25. The van der Waals surface area contributed by atoms with Crippen LogP contribution in [0.2, 0.25) is 0 Å². The molecule has 3 rings (SSSR count). The van der Waals surface area contributed by atoms with E-state index in [1.165, 1.54) is 5.56 Å². The Kier molecular flexibility index (Phi) is 7.26. The maximum atomic E-state index is 13.3. The van der Waals surface area contributed by atoms with E-state index in [1.54, 1.807) is 14.2 Å². The number of methoxy groups -OCH3 is 2. The van der Waals surface area contributed by atoms with Crippen molar-refractivity contribution in [1.82, 2.24) is 9.80 Å². The lowest BCUT2D eigenvalue weighted by molar-refractivity contribution is 0.183. The number of amides is 2. The van der Waals surface area contributed by atoms with E-state index in [2.05, 4.69) is 44.2 Å². The summed E-state index contributed by atoms with van der Waals surface area (Å²) >= 11 is 0. The number of hydrogen-bond donors (Lipinski definition) is 0. The van der Waals surface area contributed by atoms with E-state index < -0.39 is 0 Å². The number of hydrogen-bond acceptors (Lipinski definition) is 3. The summed E-state index contributed by atoms with van der Waals surface area (Å²) in [6.07, 6.45) is 5.78. The van der Waals surface area contributed by atoms with Crippen LogP contribution in [0.1, 0.15) is 37.8 Å². The lowest BCUT2D eigenvalue weighted by Gasteiger charge is -2.32. The first-order valence-corrected chi connectivity index (χ1v) is 11.0. The number of ether oxygens (including phenoxy) is 2. The smallest absolute Gasteiger partial charge is 0.324 e. The van der Waals surface area contributed by atoms with E-state index in [9.17, 15) is 4.79 Å². The minimum atomic E-state index is -0.370. The molecule has 1 aliphatic rings. The van der Waals surface area contributed by atoms with Crippen molar-refractivity contribution in [2.45, 2.75) is 45.1 Å². The Morgan fingerprint density at radius 3 is 2.35 bits per heavy atom. The monoisotopic (exact) mass is 422 g/mol. The molecule has 0 aromatic heterocycles. The molecule has 5 nitrogen and oxygen atoms in total. The van der Waals surface area contributed by atoms with Crippen molar-refractivity contribution >= 4 is 6.03 Å². The zero-order chi connectivity index (χ0) is 22.4. The molecule has 0 N–H and O–H groups in total. The van der Waals surface area contributed by atoms with Crippen LogP contribution in [-0.2, 0) is 12.8 Å². The molecule has 2 aromatic carbocycles. The van der Waals surface area contributed by atoms with Gasteiger partial charge in [0.05, 0.1) is 19.8 Å². The Morgan fingerprint density at radius 1 is 1.00 bits per heavy atom. The molecule has 1 unspecified atom stereocenters. The Labute approximate surface area is 186 Å². The minimum absolute atomic E-state index is 0.0567. The number of carbonyl (C=O) groups excluding carboxylic acids is 1. The Hall–Kier alpha value is -2.95. The number of benzene rings is 2. The van der Waals surface area contributed by atoms with Gasteiger partial charge in [-0.3, -0.25) is 4.90 Å². The van der Waals surface area contributed by atoms with Crippen LogP contribution in [0, 0.1) is 0 Å². The zero-order valence-corrected chi connectivity index (χ0v) is 19.4. The number of nitrogens with zero attached hydrogens (tertiary/aromatic N) is 2. The molecule has 1 atom stereocenters. The SMILES string of the molecule is CCC/C=C1/N(CCc2ccc(OC)c(OC)c2)C(=O)N(C)C1(C)Cc1ccccc1. The van der Waals surface area contributed by atoms with Crippen molar-refractivity contribution in [2.24, 2.45) is 0 Å². The Balaban J connectivity index is 1.86. The van der Waals surface area contributed by atoms with Gasteiger partial charge in [-0.05, 0) is 43.0 Å². The van der Waals surface area contributed by atoms with Crippen LogP contribution in [0.15, 0.2) is 60.3 Å². The van der Waals surface area contributed by atoms with Crippen molar-refractivity contribution < 1.29 is 14.3 Å². The summed E-state index contributed by atoms with van der Waals surface area (Å²) < 4.78 is 10.8. The highest BCUT2D eigenvalue weighted by molar-refractivity contribution is 5.82. The quantitative estimate of drug-likeness (QED) is 0.551. The van der Waals surface area contributed by atoms with Gasteiger partial charge in [0, 0.05) is 25.7 Å². The standard InChI is InChI=1S/C26H34N2O3/c1-6-7-13-24-26(2,19-21-11-9-8-10-12-21)27(3)25(29)28(24)17-16-20-14-15-22(30-4)23(18-20)31-5/h8-15,18H,6-7,16-17,19H2,1-5H3/b24-13+. The van der Waals surface area contributed by atoms with Gasteiger partial charge >= 0.3 is 6.03 Å². The minimum Gasteiger partial charge on any atom is -0.493 e. The molecule has 0 spiro atoms. The summed E-state index contributed by atoms with van der Waals surface area (Å²) in [5, 5.41) is 0. The molecular formula is C26H34N2O3. The predicted octanol–water partition coefficient (Wildman–Crippen LogP) is 5.30. The molecule has 5 heteroatoms. The average Bonchev–Trinajstić information content (AvgIpc) is 2.96. The highest BCUT2D eigenvalue weighted by atomic mass is 16.5. The Bertz CT molecular complexity index is 926. The second-order valence-corrected chi connectivity index (χ2v) is 8.25. The number of rotatable bonds is 9. The van der Waals surface area contributed by atoms with Crippen molar-refractivity contribution in [2.75, 3.05) is 27.8 Å². The van der Waals surface area contributed by atoms with Crippen LogP contribution in [0.25, 0.3) is 0 Å². The van der Waals surface area contributed by atoms with Crippen LogP contribution in [0.4, 0.5) is 4.79 Å². The lowest BCUT2D eigenvalue weighted by Crippen LogP contribution is -2.42. The largest absolute Gasteiger partial charge is 0.493 e. The number of unbranched alkanes of at least 4 members (excludes halogenated alkanes) is 1. The van der Waals surface area contributed by atoms with E-state index in [0.717, 1.165) is 36.9 Å². The molecule has 31 heavy (non-hydrogen) atoms. The highest BCUT2D eigenvalue weighted by Crippen LogP contribution is 2.38. The number of likely N-dealkylation sites (N-methyl/N-ethyl adjacent to an activating group) is 1. The van der Waals surface area contributed by atoms with E-state index in [1.807, 2.05) is 41.1 Å². The maximum Gasteiger partial charge on any atom is 0.324 e. The van der Waals surface area contributed by atoms with E-state index >= 15 is 0 Å². The van der Waals surface area contributed by atoms with Gasteiger partial charge in [0.25, 0.3) is 0 Å². The number of carbonyl (C=O) groups is 1. The predicted molar refractivity (Wildman–Crippen MR) is 125 cm³/mol. The maximum absolute atomic E-state index is 13.3. The van der Waals surface area contributed by atoms with Gasteiger partial charge in [0.2, 0.25) is 0 Å². The molecule has 2 amide bonds. The molecule has 1 heterocycles. The molecule has 0 saturated carbocycles. The van der Waals surface area contributed by atoms with Gasteiger partial charge in [-0.1, -0.05) is 55.8 Å². The third-order valence-electron chi connectivity index (χ3n) is 6.19. The molecule has 1 fully saturated rings. The molecule has 1 saturated heterocycles. The first kappa shape index (κ1) is 22.7. The van der Waals surface area contributed by atoms with Crippen molar-refractivity contribution in [3.63, 3.8) is 0 Å². The second kappa shape index (κ2) is 9.90. The normalized spacial score (nSPS) is 19.9. The van der Waals surface area contributed by atoms with Gasteiger partial charge in [-0.2, -0.15) is 0 Å². The van der Waals surface area contributed by atoms with Gasteiger partial charge in [0.1, 0.15) is 0 Å². The molecular weight excluding hydrogens is 388 g/mol. The molecule has 0 aliphatic carbocycles. The van der Waals surface area contributed by atoms with Crippen LogP contribution in [-0.4, -0.2) is 49.2 Å². The third-order valence-corrected chi connectivity index (χ3v) is 6.19. The fourth-order valence-electron chi connectivity index (χ4n) is 4.26. The Morgan fingerprint density at radius 2 is 1.71 bits per heavy atom. The van der Waals surface area contributed by atoms with E-state index in [4.69, 9.17) is 9.47 Å². The first-order chi connectivity index (χ1) is 14.9.